The van der Waals surface area contributed by atoms with Crippen molar-refractivity contribution in [2.24, 2.45) is 5.92 Å². The van der Waals surface area contributed by atoms with Crippen LogP contribution in [0.5, 0.6) is 0 Å². The molecule has 3 heteroatoms. The van der Waals surface area contributed by atoms with E-state index in [2.05, 4.69) is 23.7 Å². The summed E-state index contributed by atoms with van der Waals surface area (Å²) >= 11 is 0. The zero-order valence-corrected chi connectivity index (χ0v) is 8.45. The summed E-state index contributed by atoms with van der Waals surface area (Å²) in [6, 6.07) is 1.35. The highest BCUT2D eigenvalue weighted by molar-refractivity contribution is 5.30. The minimum Gasteiger partial charge on any atom is -0.432 e. The van der Waals surface area contributed by atoms with E-state index in [9.17, 15) is 0 Å². The monoisotopic (exact) mass is 180 g/mol. The van der Waals surface area contributed by atoms with Crippen molar-refractivity contribution in [2.45, 2.75) is 33.2 Å². The summed E-state index contributed by atoms with van der Waals surface area (Å²) in [6.07, 6.45) is 2.95. The molecule has 1 saturated heterocycles. The Morgan fingerprint density at radius 3 is 2.77 bits per heavy atom. The number of aryl methyl sites for hydroxylation is 1. The normalized spacial score (nSPS) is 28.4. The van der Waals surface area contributed by atoms with Gasteiger partial charge >= 0.3 is 0 Å². The average Bonchev–Trinajstić information content (AvgIpc) is 2.58. The Bertz CT molecular complexity index is 295. The van der Waals surface area contributed by atoms with Crippen molar-refractivity contribution in [1.82, 2.24) is 4.98 Å². The summed E-state index contributed by atoms with van der Waals surface area (Å²) in [4.78, 5) is 6.58. The summed E-state index contributed by atoms with van der Waals surface area (Å²) < 4.78 is 5.38. The molecule has 0 aliphatic carbocycles. The summed E-state index contributed by atoms with van der Waals surface area (Å²) in [6.45, 7) is 7.52. The third kappa shape index (κ3) is 1.55. The van der Waals surface area contributed by atoms with E-state index < -0.39 is 0 Å². The van der Waals surface area contributed by atoms with Gasteiger partial charge in [-0.15, -0.1) is 0 Å². The molecule has 1 aliphatic rings. The number of anilines is 1. The molecule has 1 aromatic rings. The van der Waals surface area contributed by atoms with E-state index >= 15 is 0 Å². The molecule has 0 saturated carbocycles. The van der Waals surface area contributed by atoms with Gasteiger partial charge < -0.3 is 9.32 Å². The van der Waals surface area contributed by atoms with Crippen LogP contribution in [0.15, 0.2) is 10.7 Å². The number of hydrogen-bond donors (Lipinski definition) is 0. The van der Waals surface area contributed by atoms with Gasteiger partial charge in [0, 0.05) is 12.6 Å². The number of rotatable bonds is 1. The van der Waals surface area contributed by atoms with E-state index in [1.807, 2.05) is 6.92 Å². The molecule has 0 aromatic carbocycles. The minimum atomic E-state index is 0.563. The molecule has 2 atom stereocenters. The van der Waals surface area contributed by atoms with Gasteiger partial charge in [0.15, 0.2) is 0 Å². The van der Waals surface area contributed by atoms with Crippen LogP contribution >= 0.6 is 0 Å². The lowest BCUT2D eigenvalue weighted by atomic mass is 10.1. The number of aromatic nitrogens is 1. The second-order valence-corrected chi connectivity index (χ2v) is 4.11. The van der Waals surface area contributed by atoms with Crippen LogP contribution in [0, 0.1) is 12.8 Å². The highest BCUT2D eigenvalue weighted by Gasteiger charge is 2.28. The van der Waals surface area contributed by atoms with Gasteiger partial charge in [-0.25, -0.2) is 0 Å². The predicted octanol–water partition coefficient (Wildman–Crippen LogP) is 2.22. The van der Waals surface area contributed by atoms with Crippen molar-refractivity contribution in [3.63, 3.8) is 0 Å². The second kappa shape index (κ2) is 3.05. The molecule has 0 N–H and O–H groups in total. The molecule has 2 rings (SSSR count). The fraction of sp³-hybridized carbons (Fsp3) is 0.700. The van der Waals surface area contributed by atoms with E-state index in [1.54, 1.807) is 6.26 Å². The van der Waals surface area contributed by atoms with E-state index in [4.69, 9.17) is 4.42 Å². The van der Waals surface area contributed by atoms with Crippen LogP contribution in [0.3, 0.4) is 0 Å². The van der Waals surface area contributed by atoms with Gasteiger partial charge in [0.25, 0.3) is 6.01 Å². The maximum Gasteiger partial charge on any atom is 0.297 e. The molecule has 13 heavy (non-hydrogen) atoms. The molecule has 1 fully saturated rings. The van der Waals surface area contributed by atoms with Crippen molar-refractivity contribution in [1.29, 1.82) is 0 Å². The third-order valence-electron chi connectivity index (χ3n) is 2.64. The fourth-order valence-electron chi connectivity index (χ4n) is 2.04. The quantitative estimate of drug-likeness (QED) is 0.663. The number of hydrogen-bond acceptors (Lipinski definition) is 3. The lowest BCUT2D eigenvalue weighted by Gasteiger charge is -2.18. The average molecular weight is 180 g/mol. The first-order valence-electron chi connectivity index (χ1n) is 4.85. The topological polar surface area (TPSA) is 29.3 Å². The molecule has 72 valence electrons. The van der Waals surface area contributed by atoms with E-state index in [1.165, 1.54) is 6.42 Å². The first kappa shape index (κ1) is 8.60. The molecule has 0 radical (unpaired) electrons. The Morgan fingerprint density at radius 2 is 2.31 bits per heavy atom. The Morgan fingerprint density at radius 1 is 1.54 bits per heavy atom. The predicted molar refractivity (Wildman–Crippen MR) is 51.8 cm³/mol. The van der Waals surface area contributed by atoms with Gasteiger partial charge in [-0.05, 0) is 26.2 Å². The molecule has 1 aliphatic heterocycles. The molecule has 2 heterocycles. The Kier molecular flexibility index (Phi) is 2.02. The molecule has 0 amide bonds. The van der Waals surface area contributed by atoms with Gasteiger partial charge in [-0.2, -0.15) is 4.98 Å². The highest BCUT2D eigenvalue weighted by atomic mass is 16.4. The van der Waals surface area contributed by atoms with E-state index in [-0.39, 0.29) is 0 Å². The van der Waals surface area contributed by atoms with Crippen LogP contribution in [0.2, 0.25) is 0 Å². The van der Waals surface area contributed by atoms with Crippen LogP contribution in [-0.2, 0) is 0 Å². The standard InChI is InChI=1S/C10H16N2O/c1-7-4-9(3)12(5-7)10-11-8(2)6-13-10/h6-7,9H,4-5H2,1-3H3. The Balaban J connectivity index is 2.17. The van der Waals surface area contributed by atoms with Gasteiger partial charge in [0.1, 0.15) is 6.26 Å². The zero-order chi connectivity index (χ0) is 9.42. The molecule has 2 unspecified atom stereocenters. The minimum absolute atomic E-state index is 0.563. The van der Waals surface area contributed by atoms with Gasteiger partial charge in [0.2, 0.25) is 0 Å². The van der Waals surface area contributed by atoms with Crippen molar-refractivity contribution in [3.05, 3.63) is 12.0 Å². The second-order valence-electron chi connectivity index (χ2n) is 4.11. The first-order valence-corrected chi connectivity index (χ1v) is 4.85. The highest BCUT2D eigenvalue weighted by Crippen LogP contribution is 2.27. The van der Waals surface area contributed by atoms with Gasteiger partial charge in [-0.3, -0.25) is 0 Å². The molecular weight excluding hydrogens is 164 g/mol. The van der Waals surface area contributed by atoms with Crippen molar-refractivity contribution in [3.8, 4) is 0 Å². The van der Waals surface area contributed by atoms with Crippen LogP contribution in [-0.4, -0.2) is 17.6 Å². The molecule has 0 spiro atoms. The summed E-state index contributed by atoms with van der Waals surface area (Å²) in [5.41, 5.74) is 0.960. The first-order chi connectivity index (χ1) is 6.16. The molecule has 3 nitrogen and oxygen atoms in total. The van der Waals surface area contributed by atoms with Gasteiger partial charge in [-0.1, -0.05) is 6.92 Å². The SMILES string of the molecule is Cc1coc(N2CC(C)CC2C)n1. The Labute approximate surface area is 78.8 Å². The van der Waals surface area contributed by atoms with Crippen LogP contribution in [0.1, 0.15) is 26.0 Å². The van der Waals surface area contributed by atoms with Crippen molar-refractivity contribution < 1.29 is 4.42 Å². The van der Waals surface area contributed by atoms with Crippen molar-refractivity contribution >= 4 is 6.01 Å². The summed E-state index contributed by atoms with van der Waals surface area (Å²) in [7, 11) is 0. The summed E-state index contributed by atoms with van der Waals surface area (Å²) in [5, 5.41) is 0. The van der Waals surface area contributed by atoms with Gasteiger partial charge in [0.05, 0.1) is 5.69 Å². The smallest absolute Gasteiger partial charge is 0.297 e. The van der Waals surface area contributed by atoms with E-state index in [0.29, 0.717) is 6.04 Å². The third-order valence-corrected chi connectivity index (χ3v) is 2.64. The molecular formula is C10H16N2O. The van der Waals surface area contributed by atoms with Crippen molar-refractivity contribution in [2.75, 3.05) is 11.4 Å². The summed E-state index contributed by atoms with van der Waals surface area (Å²) in [5.74, 6) is 0.752. The maximum absolute atomic E-state index is 5.38. The number of nitrogens with zero attached hydrogens (tertiary/aromatic N) is 2. The maximum atomic E-state index is 5.38. The largest absolute Gasteiger partial charge is 0.432 e. The molecule has 0 bridgehead atoms. The molecule has 1 aromatic heterocycles. The lowest BCUT2D eigenvalue weighted by Crippen LogP contribution is -2.26. The fourth-order valence-corrected chi connectivity index (χ4v) is 2.04. The van der Waals surface area contributed by atoms with Crippen LogP contribution in [0.4, 0.5) is 6.01 Å². The van der Waals surface area contributed by atoms with E-state index in [0.717, 1.165) is 24.2 Å². The Hall–Kier alpha value is -0.990. The number of oxazole rings is 1. The zero-order valence-electron chi connectivity index (χ0n) is 8.45. The van der Waals surface area contributed by atoms with Crippen LogP contribution in [0.25, 0.3) is 0 Å². The lowest BCUT2D eigenvalue weighted by molar-refractivity contribution is 0.529. The van der Waals surface area contributed by atoms with Crippen LogP contribution < -0.4 is 4.90 Å².